The predicted molar refractivity (Wildman–Crippen MR) is 96.4 cm³/mol. The Morgan fingerprint density at radius 2 is 1.84 bits per heavy atom. The van der Waals surface area contributed by atoms with Crippen LogP contribution < -0.4 is 5.32 Å². The molecular formula is C18H13FN2O3S. The van der Waals surface area contributed by atoms with Crippen molar-refractivity contribution in [2.45, 2.75) is 4.90 Å². The van der Waals surface area contributed by atoms with E-state index in [1.807, 2.05) is 42.5 Å². The van der Waals surface area contributed by atoms with Gasteiger partial charge in [-0.1, -0.05) is 30.3 Å². The predicted octanol–water partition coefficient (Wildman–Crippen LogP) is 4.62. The van der Waals surface area contributed by atoms with Gasteiger partial charge in [0.05, 0.1) is 10.7 Å². The van der Waals surface area contributed by atoms with E-state index < -0.39 is 16.4 Å². The number of nitro groups is 1. The van der Waals surface area contributed by atoms with Crippen molar-refractivity contribution in [2.24, 2.45) is 0 Å². The van der Waals surface area contributed by atoms with E-state index in [4.69, 9.17) is 0 Å². The molecule has 0 fully saturated rings. The summed E-state index contributed by atoms with van der Waals surface area (Å²) in [6.45, 7) is 0. The van der Waals surface area contributed by atoms with Gasteiger partial charge in [0.25, 0.3) is 0 Å². The Bertz CT molecular complexity index is 962. The Balaban J connectivity index is 1.64. The van der Waals surface area contributed by atoms with E-state index in [1.54, 1.807) is 0 Å². The van der Waals surface area contributed by atoms with Gasteiger partial charge in [-0.25, -0.2) is 0 Å². The van der Waals surface area contributed by atoms with Gasteiger partial charge in [0.15, 0.2) is 0 Å². The first-order chi connectivity index (χ1) is 12.0. The number of carbonyl (C=O) groups excluding carboxylic acids is 1. The van der Waals surface area contributed by atoms with Crippen LogP contribution >= 0.6 is 11.8 Å². The first-order valence-electron chi connectivity index (χ1n) is 7.38. The van der Waals surface area contributed by atoms with Crippen LogP contribution in [0.25, 0.3) is 10.8 Å². The van der Waals surface area contributed by atoms with Crippen LogP contribution in [-0.2, 0) is 4.79 Å². The second kappa shape index (κ2) is 7.31. The lowest BCUT2D eigenvalue weighted by Crippen LogP contribution is -2.14. The molecule has 0 saturated carbocycles. The number of anilines is 1. The van der Waals surface area contributed by atoms with Crippen LogP contribution in [0.4, 0.5) is 15.8 Å². The van der Waals surface area contributed by atoms with Crippen molar-refractivity contribution in [1.29, 1.82) is 0 Å². The summed E-state index contributed by atoms with van der Waals surface area (Å²) in [5.41, 5.74) is -0.475. The van der Waals surface area contributed by atoms with E-state index in [9.17, 15) is 19.3 Å². The number of halogens is 1. The molecule has 0 unspecified atom stereocenters. The summed E-state index contributed by atoms with van der Waals surface area (Å²) < 4.78 is 13.3. The summed E-state index contributed by atoms with van der Waals surface area (Å²) in [5, 5.41) is 15.5. The summed E-state index contributed by atoms with van der Waals surface area (Å²) in [7, 11) is 0. The van der Waals surface area contributed by atoms with Crippen LogP contribution in [-0.4, -0.2) is 16.6 Å². The third-order valence-electron chi connectivity index (χ3n) is 3.52. The molecule has 0 aliphatic heterocycles. The monoisotopic (exact) mass is 356 g/mol. The number of hydrogen-bond acceptors (Lipinski definition) is 4. The maximum atomic E-state index is 13.3. The van der Waals surface area contributed by atoms with Crippen molar-refractivity contribution in [1.82, 2.24) is 0 Å². The first kappa shape index (κ1) is 16.9. The Morgan fingerprint density at radius 3 is 2.60 bits per heavy atom. The number of fused-ring (bicyclic) bond motifs is 1. The lowest BCUT2D eigenvalue weighted by molar-refractivity contribution is -0.387. The Hall–Kier alpha value is -2.93. The van der Waals surface area contributed by atoms with Crippen molar-refractivity contribution in [3.63, 3.8) is 0 Å². The smallest absolute Gasteiger partial charge is 0.306 e. The van der Waals surface area contributed by atoms with Gasteiger partial charge in [0.1, 0.15) is 0 Å². The summed E-state index contributed by atoms with van der Waals surface area (Å²) in [6.07, 6.45) is 0. The number of carbonyl (C=O) groups is 1. The number of thioether (sulfide) groups is 1. The molecule has 0 atom stereocenters. The zero-order valence-electron chi connectivity index (χ0n) is 12.9. The number of benzene rings is 3. The van der Waals surface area contributed by atoms with Crippen LogP contribution in [0.1, 0.15) is 0 Å². The quantitative estimate of drug-likeness (QED) is 0.411. The first-order valence-corrected chi connectivity index (χ1v) is 8.37. The second-order valence-corrected chi connectivity index (χ2v) is 6.32. The van der Waals surface area contributed by atoms with Crippen molar-refractivity contribution in [2.75, 3.05) is 11.1 Å². The van der Waals surface area contributed by atoms with Crippen LogP contribution in [0.3, 0.4) is 0 Å². The molecule has 0 aromatic heterocycles. The maximum absolute atomic E-state index is 13.3. The number of nitrogens with one attached hydrogen (secondary N) is 1. The topological polar surface area (TPSA) is 72.2 Å². The van der Waals surface area contributed by atoms with Gasteiger partial charge in [-0.2, -0.15) is 4.39 Å². The molecule has 5 nitrogen and oxygen atoms in total. The fraction of sp³-hybridized carbons (Fsp3) is 0.0556. The van der Waals surface area contributed by atoms with Crippen molar-refractivity contribution < 1.29 is 14.1 Å². The molecule has 3 rings (SSSR count). The fourth-order valence-electron chi connectivity index (χ4n) is 2.33. The van der Waals surface area contributed by atoms with Gasteiger partial charge in [-0.05, 0) is 35.0 Å². The molecule has 1 amide bonds. The van der Waals surface area contributed by atoms with Crippen molar-refractivity contribution in [3.05, 3.63) is 76.6 Å². The Labute approximate surface area is 147 Å². The standard InChI is InChI=1S/C18H13FN2O3S/c19-16-8-6-14(10-17(16)21(23)24)20-18(22)11-25-15-7-5-12-3-1-2-4-13(12)9-15/h1-10H,11H2,(H,20,22). The minimum atomic E-state index is -0.937. The van der Waals surface area contributed by atoms with Crippen LogP contribution in [0, 0.1) is 15.9 Å². The minimum Gasteiger partial charge on any atom is -0.325 e. The van der Waals surface area contributed by atoms with Gasteiger partial charge < -0.3 is 5.32 Å². The molecule has 25 heavy (non-hydrogen) atoms. The summed E-state index contributed by atoms with van der Waals surface area (Å²) in [4.78, 5) is 22.9. The molecule has 3 aromatic rings. The molecule has 1 N–H and O–H groups in total. The molecule has 0 aliphatic carbocycles. The summed E-state index contributed by atoms with van der Waals surface area (Å²) in [6, 6.07) is 17.1. The molecule has 7 heteroatoms. The summed E-state index contributed by atoms with van der Waals surface area (Å²) in [5.74, 6) is -1.11. The van der Waals surface area contributed by atoms with E-state index in [2.05, 4.69) is 5.32 Å². The average molecular weight is 356 g/mol. The third-order valence-corrected chi connectivity index (χ3v) is 4.51. The molecular weight excluding hydrogens is 343 g/mol. The van der Waals surface area contributed by atoms with E-state index >= 15 is 0 Å². The number of amides is 1. The van der Waals surface area contributed by atoms with E-state index in [-0.39, 0.29) is 17.3 Å². The van der Waals surface area contributed by atoms with E-state index in [0.29, 0.717) is 0 Å². The number of nitrogens with zero attached hydrogens (tertiary/aromatic N) is 1. The largest absolute Gasteiger partial charge is 0.325 e. The van der Waals surface area contributed by atoms with Gasteiger partial charge in [-0.15, -0.1) is 11.8 Å². The van der Waals surface area contributed by atoms with Gasteiger partial charge in [-0.3, -0.25) is 14.9 Å². The molecule has 0 saturated heterocycles. The molecule has 126 valence electrons. The molecule has 0 aliphatic rings. The van der Waals surface area contributed by atoms with Crippen LogP contribution in [0.15, 0.2) is 65.6 Å². The zero-order chi connectivity index (χ0) is 17.8. The molecule has 3 aromatic carbocycles. The average Bonchev–Trinajstić information content (AvgIpc) is 2.61. The second-order valence-electron chi connectivity index (χ2n) is 5.27. The van der Waals surface area contributed by atoms with Crippen molar-refractivity contribution in [3.8, 4) is 0 Å². The zero-order valence-corrected chi connectivity index (χ0v) is 13.8. The van der Waals surface area contributed by atoms with Gasteiger partial charge >= 0.3 is 5.69 Å². The molecule has 0 radical (unpaired) electrons. The van der Waals surface area contributed by atoms with E-state index in [1.165, 1.54) is 17.8 Å². The third kappa shape index (κ3) is 4.13. The molecule has 0 spiro atoms. The fourth-order valence-corrected chi connectivity index (χ4v) is 3.08. The maximum Gasteiger partial charge on any atom is 0.306 e. The highest BCUT2D eigenvalue weighted by atomic mass is 32.2. The molecule has 0 heterocycles. The number of rotatable bonds is 5. The van der Waals surface area contributed by atoms with Crippen molar-refractivity contribution >= 4 is 39.8 Å². The number of hydrogen-bond donors (Lipinski definition) is 1. The number of nitro benzene ring substituents is 1. The highest BCUT2D eigenvalue weighted by Gasteiger charge is 2.15. The van der Waals surface area contributed by atoms with Gasteiger partial charge in [0.2, 0.25) is 11.7 Å². The lowest BCUT2D eigenvalue weighted by Gasteiger charge is -2.06. The lowest BCUT2D eigenvalue weighted by atomic mass is 10.1. The normalized spacial score (nSPS) is 10.6. The molecule has 0 bridgehead atoms. The van der Waals surface area contributed by atoms with Crippen LogP contribution in [0.2, 0.25) is 0 Å². The van der Waals surface area contributed by atoms with E-state index in [0.717, 1.165) is 27.8 Å². The summed E-state index contributed by atoms with van der Waals surface area (Å²) >= 11 is 1.36. The minimum absolute atomic E-state index is 0.142. The van der Waals surface area contributed by atoms with Gasteiger partial charge in [0, 0.05) is 16.6 Å². The highest BCUT2D eigenvalue weighted by molar-refractivity contribution is 8.00. The Kier molecular flexibility index (Phi) is 4.95. The highest BCUT2D eigenvalue weighted by Crippen LogP contribution is 2.25. The SMILES string of the molecule is O=C(CSc1ccc2ccccc2c1)Nc1ccc(F)c([N+](=O)[O-])c1. The van der Waals surface area contributed by atoms with Crippen LogP contribution in [0.5, 0.6) is 0 Å². The Morgan fingerprint density at radius 1 is 1.08 bits per heavy atom.